The third-order valence-corrected chi connectivity index (χ3v) is 5.03. The molecule has 0 spiro atoms. The van der Waals surface area contributed by atoms with Crippen molar-refractivity contribution in [1.29, 1.82) is 0 Å². The Morgan fingerprint density at radius 2 is 1.91 bits per heavy atom. The van der Waals surface area contributed by atoms with E-state index < -0.39 is 38.5 Å². The SMILES string of the molecule is C[C@H](NC(=O)C1CCC1)C(=O)NS(=O)(=O)c1ccc(F)cc1F. The molecule has 23 heavy (non-hydrogen) atoms. The molecular formula is C14H16F2N2O4S. The Kier molecular flexibility index (Phi) is 4.98. The molecule has 6 nitrogen and oxygen atoms in total. The first-order chi connectivity index (χ1) is 10.7. The van der Waals surface area contributed by atoms with Crippen LogP contribution >= 0.6 is 0 Å². The molecule has 0 unspecified atom stereocenters. The molecule has 0 saturated heterocycles. The van der Waals surface area contributed by atoms with Crippen LogP contribution in [0.1, 0.15) is 26.2 Å². The second-order valence-electron chi connectivity index (χ2n) is 5.40. The largest absolute Gasteiger partial charge is 0.344 e. The standard InChI is InChI=1S/C14H16F2N2O4S/c1-8(17-14(20)9-3-2-4-9)13(19)18-23(21,22)12-6-5-10(15)7-11(12)16/h5-9H,2-4H2,1H3,(H,17,20)(H,18,19)/t8-/m0/s1. The molecule has 9 heteroatoms. The molecule has 1 aliphatic carbocycles. The van der Waals surface area contributed by atoms with E-state index in [2.05, 4.69) is 5.32 Å². The first kappa shape index (κ1) is 17.3. The van der Waals surface area contributed by atoms with Crippen LogP contribution in [0.15, 0.2) is 23.1 Å². The number of hydrogen-bond acceptors (Lipinski definition) is 4. The van der Waals surface area contributed by atoms with E-state index in [0.29, 0.717) is 6.07 Å². The molecule has 0 heterocycles. The van der Waals surface area contributed by atoms with Gasteiger partial charge < -0.3 is 5.32 Å². The number of sulfonamides is 1. The van der Waals surface area contributed by atoms with Gasteiger partial charge in [0.25, 0.3) is 15.9 Å². The summed E-state index contributed by atoms with van der Waals surface area (Å²) in [6, 6.07) is 0.796. The van der Waals surface area contributed by atoms with Crippen LogP contribution in [0.3, 0.4) is 0 Å². The third-order valence-electron chi connectivity index (χ3n) is 3.65. The topological polar surface area (TPSA) is 92.3 Å². The van der Waals surface area contributed by atoms with Gasteiger partial charge in [0.15, 0.2) is 0 Å². The maximum absolute atomic E-state index is 13.5. The number of benzene rings is 1. The van der Waals surface area contributed by atoms with Crippen molar-refractivity contribution in [1.82, 2.24) is 10.0 Å². The molecule has 1 aromatic rings. The second-order valence-corrected chi connectivity index (χ2v) is 7.05. The van der Waals surface area contributed by atoms with Crippen LogP contribution in [0.25, 0.3) is 0 Å². The van der Waals surface area contributed by atoms with Crippen molar-refractivity contribution in [2.75, 3.05) is 0 Å². The van der Waals surface area contributed by atoms with E-state index in [1.165, 1.54) is 6.92 Å². The van der Waals surface area contributed by atoms with Gasteiger partial charge in [-0.2, -0.15) is 0 Å². The smallest absolute Gasteiger partial charge is 0.267 e. The molecule has 1 aliphatic rings. The summed E-state index contributed by atoms with van der Waals surface area (Å²) < 4.78 is 51.9. The number of halogens is 2. The Hall–Kier alpha value is -2.03. The maximum Gasteiger partial charge on any atom is 0.267 e. The van der Waals surface area contributed by atoms with Crippen molar-refractivity contribution in [3.8, 4) is 0 Å². The van der Waals surface area contributed by atoms with Gasteiger partial charge in [-0.25, -0.2) is 21.9 Å². The highest BCUT2D eigenvalue weighted by molar-refractivity contribution is 7.90. The lowest BCUT2D eigenvalue weighted by Gasteiger charge is -2.25. The molecule has 0 bridgehead atoms. The molecule has 1 aromatic carbocycles. The average molecular weight is 346 g/mol. The van der Waals surface area contributed by atoms with Gasteiger partial charge in [0.05, 0.1) is 0 Å². The van der Waals surface area contributed by atoms with E-state index in [0.717, 1.165) is 31.4 Å². The summed E-state index contributed by atoms with van der Waals surface area (Å²) in [5.41, 5.74) is 0. The van der Waals surface area contributed by atoms with Crippen molar-refractivity contribution < 1.29 is 26.8 Å². The zero-order valence-corrected chi connectivity index (χ0v) is 13.1. The summed E-state index contributed by atoms with van der Waals surface area (Å²) in [4.78, 5) is 22.8. The van der Waals surface area contributed by atoms with Gasteiger partial charge in [-0.1, -0.05) is 6.42 Å². The van der Waals surface area contributed by atoms with Gasteiger partial charge in [-0.05, 0) is 31.9 Å². The molecule has 1 saturated carbocycles. The van der Waals surface area contributed by atoms with Gasteiger partial charge in [-0.3, -0.25) is 9.59 Å². The van der Waals surface area contributed by atoms with Crippen molar-refractivity contribution in [3.63, 3.8) is 0 Å². The Balaban J connectivity index is 2.04. The van der Waals surface area contributed by atoms with E-state index in [1.807, 2.05) is 0 Å². The Labute approximate surface area is 132 Å². The highest BCUT2D eigenvalue weighted by atomic mass is 32.2. The van der Waals surface area contributed by atoms with Crippen LogP contribution in [0.2, 0.25) is 0 Å². The van der Waals surface area contributed by atoms with Gasteiger partial charge in [0.1, 0.15) is 22.6 Å². The second kappa shape index (κ2) is 6.61. The monoisotopic (exact) mass is 346 g/mol. The zero-order valence-electron chi connectivity index (χ0n) is 12.3. The minimum atomic E-state index is -4.49. The van der Waals surface area contributed by atoms with Gasteiger partial charge >= 0.3 is 0 Å². The molecular weight excluding hydrogens is 330 g/mol. The average Bonchev–Trinajstić information content (AvgIpc) is 2.34. The number of amides is 2. The minimum Gasteiger partial charge on any atom is -0.344 e. The number of nitrogens with one attached hydrogen (secondary N) is 2. The van der Waals surface area contributed by atoms with Crippen LogP contribution in [-0.4, -0.2) is 26.3 Å². The Bertz CT molecular complexity index is 732. The van der Waals surface area contributed by atoms with E-state index in [1.54, 1.807) is 4.72 Å². The Morgan fingerprint density at radius 3 is 2.43 bits per heavy atom. The first-order valence-electron chi connectivity index (χ1n) is 7.03. The molecule has 1 fully saturated rings. The number of carbonyl (C=O) groups excluding carboxylic acids is 2. The zero-order chi connectivity index (χ0) is 17.2. The van der Waals surface area contributed by atoms with Crippen LogP contribution in [-0.2, 0) is 19.6 Å². The molecule has 0 aromatic heterocycles. The molecule has 2 amide bonds. The van der Waals surface area contributed by atoms with E-state index in [4.69, 9.17) is 0 Å². The van der Waals surface area contributed by atoms with Gasteiger partial charge in [0, 0.05) is 12.0 Å². The first-order valence-corrected chi connectivity index (χ1v) is 8.51. The molecule has 0 radical (unpaired) electrons. The lowest BCUT2D eigenvalue weighted by atomic mass is 9.84. The van der Waals surface area contributed by atoms with Crippen molar-refractivity contribution in [2.45, 2.75) is 37.1 Å². The molecule has 0 aliphatic heterocycles. The lowest BCUT2D eigenvalue weighted by Crippen LogP contribution is -2.49. The molecule has 2 rings (SSSR count). The highest BCUT2D eigenvalue weighted by Crippen LogP contribution is 2.26. The minimum absolute atomic E-state index is 0.156. The Morgan fingerprint density at radius 1 is 1.26 bits per heavy atom. The van der Waals surface area contributed by atoms with E-state index >= 15 is 0 Å². The van der Waals surface area contributed by atoms with Crippen molar-refractivity contribution in [3.05, 3.63) is 29.8 Å². The highest BCUT2D eigenvalue weighted by Gasteiger charge is 2.29. The fourth-order valence-corrected chi connectivity index (χ4v) is 3.15. The van der Waals surface area contributed by atoms with Gasteiger partial charge in [0.2, 0.25) is 5.91 Å². The van der Waals surface area contributed by atoms with Crippen LogP contribution in [0, 0.1) is 17.6 Å². The summed E-state index contributed by atoms with van der Waals surface area (Å²) in [6.45, 7) is 1.32. The van der Waals surface area contributed by atoms with E-state index in [9.17, 15) is 26.8 Å². The fourth-order valence-electron chi connectivity index (χ4n) is 2.04. The quantitative estimate of drug-likeness (QED) is 0.834. The summed E-state index contributed by atoms with van der Waals surface area (Å²) >= 11 is 0. The fraction of sp³-hybridized carbons (Fsp3) is 0.429. The van der Waals surface area contributed by atoms with Crippen LogP contribution < -0.4 is 10.0 Å². The molecule has 126 valence electrons. The van der Waals surface area contributed by atoms with Crippen molar-refractivity contribution in [2.24, 2.45) is 5.92 Å². The predicted octanol–water partition coefficient (Wildman–Crippen LogP) is 1.07. The van der Waals surface area contributed by atoms with Crippen molar-refractivity contribution >= 4 is 21.8 Å². The van der Waals surface area contributed by atoms with Gasteiger partial charge in [-0.15, -0.1) is 0 Å². The summed E-state index contributed by atoms with van der Waals surface area (Å²) in [5.74, 6) is -3.72. The van der Waals surface area contributed by atoms with E-state index in [-0.39, 0.29) is 11.8 Å². The number of hydrogen-bond donors (Lipinski definition) is 2. The normalized spacial score (nSPS) is 16.3. The number of rotatable bonds is 5. The number of carbonyl (C=O) groups is 2. The maximum atomic E-state index is 13.5. The third kappa shape index (κ3) is 4.04. The lowest BCUT2D eigenvalue weighted by molar-refractivity contribution is -0.131. The van der Waals surface area contributed by atoms with Crippen LogP contribution in [0.5, 0.6) is 0 Å². The molecule has 2 N–H and O–H groups in total. The van der Waals surface area contributed by atoms with Crippen LogP contribution in [0.4, 0.5) is 8.78 Å². The summed E-state index contributed by atoms with van der Waals surface area (Å²) in [7, 11) is -4.49. The predicted molar refractivity (Wildman–Crippen MR) is 76.6 cm³/mol. The summed E-state index contributed by atoms with van der Waals surface area (Å²) in [6.07, 6.45) is 2.41. The summed E-state index contributed by atoms with van der Waals surface area (Å²) in [5, 5.41) is 2.41. The molecule has 1 atom stereocenters.